The Kier molecular flexibility index (Phi) is 10.0. The van der Waals surface area contributed by atoms with Crippen LogP contribution in [0.3, 0.4) is 0 Å². The zero-order valence-corrected chi connectivity index (χ0v) is 12.1. The van der Waals surface area contributed by atoms with Crippen LogP contribution < -0.4 is 5.32 Å². The Labute approximate surface area is 103 Å². The average molecular weight is 228 g/mol. The molecule has 98 valence electrons. The molecule has 0 fully saturated rings. The van der Waals surface area contributed by atoms with Crippen LogP contribution in [0.1, 0.15) is 47.5 Å². The number of nitrogens with zero attached hydrogens (tertiary/aromatic N) is 1. The lowest BCUT2D eigenvalue weighted by Crippen LogP contribution is -2.36. The fraction of sp³-hybridized carbons (Fsp3) is 1.00. The van der Waals surface area contributed by atoms with Gasteiger partial charge in [-0.05, 0) is 37.9 Å². The molecule has 0 radical (unpaired) electrons. The minimum absolute atomic E-state index is 0.760. The highest BCUT2D eigenvalue weighted by Crippen LogP contribution is 2.06. The predicted octanol–water partition coefficient (Wildman–Crippen LogP) is 2.99. The summed E-state index contributed by atoms with van der Waals surface area (Å²) in [6.07, 6.45) is 2.52. The second-order valence-electron chi connectivity index (χ2n) is 5.17. The number of nitrogens with one attached hydrogen (secondary N) is 1. The molecule has 2 atom stereocenters. The van der Waals surface area contributed by atoms with Gasteiger partial charge < -0.3 is 10.2 Å². The van der Waals surface area contributed by atoms with Gasteiger partial charge in [0.25, 0.3) is 0 Å². The molecule has 0 saturated carbocycles. The predicted molar refractivity (Wildman–Crippen MR) is 73.9 cm³/mol. The second-order valence-corrected chi connectivity index (χ2v) is 5.17. The van der Waals surface area contributed by atoms with Crippen molar-refractivity contribution in [1.82, 2.24) is 10.2 Å². The second kappa shape index (κ2) is 10.1. The Morgan fingerprint density at radius 2 is 1.62 bits per heavy atom. The van der Waals surface area contributed by atoms with Gasteiger partial charge in [-0.2, -0.15) is 0 Å². The summed E-state index contributed by atoms with van der Waals surface area (Å²) in [5.74, 6) is 1.59. The zero-order valence-electron chi connectivity index (χ0n) is 12.1. The number of hydrogen-bond donors (Lipinski definition) is 1. The Morgan fingerprint density at radius 1 is 1.00 bits per heavy atom. The maximum atomic E-state index is 3.50. The fourth-order valence-electron chi connectivity index (χ4n) is 1.93. The molecule has 0 bridgehead atoms. The lowest BCUT2D eigenvalue weighted by atomic mass is 10.1. The van der Waals surface area contributed by atoms with Gasteiger partial charge in [0.1, 0.15) is 0 Å². The molecule has 2 unspecified atom stereocenters. The van der Waals surface area contributed by atoms with Gasteiger partial charge in [0.15, 0.2) is 0 Å². The lowest BCUT2D eigenvalue weighted by molar-refractivity contribution is 0.214. The summed E-state index contributed by atoms with van der Waals surface area (Å²) in [6, 6.07) is 0. The van der Waals surface area contributed by atoms with E-state index in [0.717, 1.165) is 24.9 Å². The van der Waals surface area contributed by atoms with E-state index in [2.05, 4.69) is 44.8 Å². The Morgan fingerprint density at radius 3 is 2.12 bits per heavy atom. The van der Waals surface area contributed by atoms with Crippen LogP contribution >= 0.6 is 0 Å². The van der Waals surface area contributed by atoms with Crippen LogP contribution in [0.5, 0.6) is 0 Å². The molecule has 0 rings (SSSR count). The molecule has 0 saturated heterocycles. The summed E-state index contributed by atoms with van der Waals surface area (Å²) in [6.45, 7) is 17.5. The molecule has 0 aliphatic carbocycles. The van der Waals surface area contributed by atoms with E-state index in [-0.39, 0.29) is 0 Å². The normalized spacial score (nSPS) is 15.4. The molecule has 0 aliphatic heterocycles. The third kappa shape index (κ3) is 8.12. The zero-order chi connectivity index (χ0) is 12.4. The SMILES string of the molecule is CCCNCC(C)CN(CC)CC(C)CC. The Balaban J connectivity index is 3.73. The first-order valence-corrected chi connectivity index (χ1v) is 7.06. The summed E-state index contributed by atoms with van der Waals surface area (Å²) in [7, 11) is 0. The number of hydrogen-bond acceptors (Lipinski definition) is 2. The summed E-state index contributed by atoms with van der Waals surface area (Å²) >= 11 is 0. The van der Waals surface area contributed by atoms with Crippen molar-refractivity contribution < 1.29 is 0 Å². The molecule has 0 spiro atoms. The molecule has 0 heterocycles. The van der Waals surface area contributed by atoms with Gasteiger partial charge in [0.05, 0.1) is 0 Å². The van der Waals surface area contributed by atoms with E-state index in [1.807, 2.05) is 0 Å². The summed E-state index contributed by atoms with van der Waals surface area (Å²) in [5, 5.41) is 3.50. The van der Waals surface area contributed by atoms with Crippen LogP contribution in [0.25, 0.3) is 0 Å². The highest BCUT2D eigenvalue weighted by molar-refractivity contribution is 4.66. The van der Waals surface area contributed by atoms with E-state index >= 15 is 0 Å². The fourth-order valence-corrected chi connectivity index (χ4v) is 1.93. The van der Waals surface area contributed by atoms with E-state index in [1.165, 1.54) is 32.5 Å². The summed E-state index contributed by atoms with van der Waals surface area (Å²) < 4.78 is 0. The first-order valence-electron chi connectivity index (χ1n) is 7.06. The van der Waals surface area contributed by atoms with Crippen molar-refractivity contribution in [3.8, 4) is 0 Å². The highest BCUT2D eigenvalue weighted by atomic mass is 15.1. The van der Waals surface area contributed by atoms with E-state index in [9.17, 15) is 0 Å². The van der Waals surface area contributed by atoms with Gasteiger partial charge in [-0.25, -0.2) is 0 Å². The van der Waals surface area contributed by atoms with Crippen LogP contribution in [0.2, 0.25) is 0 Å². The molecule has 0 aliphatic rings. The third-order valence-electron chi connectivity index (χ3n) is 3.20. The smallest absolute Gasteiger partial charge is 0.00191 e. The molecular weight excluding hydrogens is 196 g/mol. The van der Waals surface area contributed by atoms with E-state index in [4.69, 9.17) is 0 Å². The van der Waals surface area contributed by atoms with E-state index in [1.54, 1.807) is 0 Å². The van der Waals surface area contributed by atoms with Crippen molar-refractivity contribution in [1.29, 1.82) is 0 Å². The third-order valence-corrected chi connectivity index (χ3v) is 3.20. The van der Waals surface area contributed by atoms with Gasteiger partial charge >= 0.3 is 0 Å². The first-order chi connectivity index (χ1) is 7.63. The van der Waals surface area contributed by atoms with E-state index < -0.39 is 0 Å². The highest BCUT2D eigenvalue weighted by Gasteiger charge is 2.10. The largest absolute Gasteiger partial charge is 0.316 e. The Bertz CT molecular complexity index is 148. The Hall–Kier alpha value is -0.0800. The molecule has 0 aromatic heterocycles. The van der Waals surface area contributed by atoms with Crippen LogP contribution in [0, 0.1) is 11.8 Å². The molecule has 2 heteroatoms. The van der Waals surface area contributed by atoms with Crippen LogP contribution in [0.15, 0.2) is 0 Å². The van der Waals surface area contributed by atoms with Gasteiger partial charge in [-0.3, -0.25) is 0 Å². The van der Waals surface area contributed by atoms with Gasteiger partial charge in [-0.1, -0.05) is 41.0 Å². The maximum Gasteiger partial charge on any atom is 0.00191 e. The molecular formula is C14H32N2. The standard InChI is InChI=1S/C14H32N2/c1-6-9-15-10-14(5)12-16(8-3)11-13(4)7-2/h13-15H,6-12H2,1-5H3. The quantitative estimate of drug-likeness (QED) is 0.578. The molecule has 1 N–H and O–H groups in total. The van der Waals surface area contributed by atoms with Crippen LogP contribution in [-0.2, 0) is 0 Å². The minimum Gasteiger partial charge on any atom is -0.316 e. The van der Waals surface area contributed by atoms with Crippen LogP contribution in [-0.4, -0.2) is 37.6 Å². The topological polar surface area (TPSA) is 15.3 Å². The van der Waals surface area contributed by atoms with Crippen molar-refractivity contribution in [3.05, 3.63) is 0 Å². The number of rotatable bonds is 10. The monoisotopic (exact) mass is 228 g/mol. The van der Waals surface area contributed by atoms with E-state index in [0.29, 0.717) is 0 Å². The molecule has 16 heavy (non-hydrogen) atoms. The van der Waals surface area contributed by atoms with Crippen molar-refractivity contribution in [3.63, 3.8) is 0 Å². The van der Waals surface area contributed by atoms with Crippen molar-refractivity contribution in [2.75, 3.05) is 32.7 Å². The summed E-state index contributed by atoms with van der Waals surface area (Å²) in [5.41, 5.74) is 0. The first kappa shape index (κ1) is 15.9. The van der Waals surface area contributed by atoms with Crippen molar-refractivity contribution in [2.24, 2.45) is 11.8 Å². The molecule has 0 amide bonds. The van der Waals surface area contributed by atoms with Gasteiger partial charge in [0.2, 0.25) is 0 Å². The molecule has 0 aromatic rings. The van der Waals surface area contributed by atoms with Gasteiger partial charge in [0, 0.05) is 13.1 Å². The van der Waals surface area contributed by atoms with Crippen LogP contribution in [0.4, 0.5) is 0 Å². The molecule has 2 nitrogen and oxygen atoms in total. The maximum absolute atomic E-state index is 3.50. The van der Waals surface area contributed by atoms with Gasteiger partial charge in [-0.15, -0.1) is 0 Å². The average Bonchev–Trinajstić information content (AvgIpc) is 2.28. The molecule has 0 aromatic carbocycles. The lowest BCUT2D eigenvalue weighted by Gasteiger charge is -2.27. The minimum atomic E-state index is 0.760. The van der Waals surface area contributed by atoms with Crippen molar-refractivity contribution >= 4 is 0 Å². The van der Waals surface area contributed by atoms with Crippen molar-refractivity contribution in [2.45, 2.75) is 47.5 Å². The summed E-state index contributed by atoms with van der Waals surface area (Å²) in [4.78, 5) is 2.59.